The Morgan fingerprint density at radius 3 is 2.11 bits per heavy atom. The Hall–Kier alpha value is -2.08. The topological polar surface area (TPSA) is 98.6 Å². The fourth-order valence-electron chi connectivity index (χ4n) is 1.41. The first-order chi connectivity index (χ1) is 8.74. The second-order valence-corrected chi connectivity index (χ2v) is 5.02. The number of urea groups is 1. The van der Waals surface area contributed by atoms with Crippen LogP contribution >= 0.6 is 0 Å². The zero-order chi connectivity index (χ0) is 14.6. The summed E-state index contributed by atoms with van der Waals surface area (Å²) in [5.74, 6) is 0. The highest BCUT2D eigenvalue weighted by Gasteiger charge is 2.27. The second kappa shape index (κ2) is 5.71. The van der Waals surface area contributed by atoms with Crippen molar-refractivity contribution in [1.82, 2.24) is 0 Å². The van der Waals surface area contributed by atoms with Crippen molar-refractivity contribution in [3.8, 4) is 0 Å². The Bertz CT molecular complexity index is 463. The third-order valence-corrected chi connectivity index (χ3v) is 2.23. The molecule has 0 saturated carbocycles. The van der Waals surface area contributed by atoms with E-state index in [0.29, 0.717) is 12.2 Å². The molecule has 0 aliphatic heterocycles. The number of benzene rings is 1. The molecule has 1 rings (SSSR count). The van der Waals surface area contributed by atoms with E-state index in [2.05, 4.69) is 0 Å². The van der Waals surface area contributed by atoms with Crippen molar-refractivity contribution in [3.63, 3.8) is 0 Å². The third kappa shape index (κ3) is 4.26. The number of imide groups is 1. The van der Waals surface area contributed by atoms with Crippen LogP contribution in [0, 0.1) is 0 Å². The van der Waals surface area contributed by atoms with Gasteiger partial charge in [-0.25, -0.2) is 9.59 Å². The third-order valence-electron chi connectivity index (χ3n) is 2.23. The summed E-state index contributed by atoms with van der Waals surface area (Å²) in [6.07, 6.45) is -0.805. The standard InChI is InChI=1S/C13H19N3O3/c1-13(2,3)19-12(18)16(11(15)17)10-6-4-9(8-14)5-7-10/h4-7H,8,14H2,1-3H3,(H2,15,17). The Morgan fingerprint density at radius 1 is 1.21 bits per heavy atom. The van der Waals surface area contributed by atoms with Gasteiger partial charge in [0.05, 0.1) is 5.69 Å². The molecule has 19 heavy (non-hydrogen) atoms. The van der Waals surface area contributed by atoms with Crippen molar-refractivity contribution in [2.75, 3.05) is 4.90 Å². The van der Waals surface area contributed by atoms with E-state index in [0.717, 1.165) is 10.5 Å². The van der Waals surface area contributed by atoms with E-state index in [-0.39, 0.29) is 0 Å². The predicted molar refractivity (Wildman–Crippen MR) is 72.6 cm³/mol. The van der Waals surface area contributed by atoms with Gasteiger partial charge in [0.2, 0.25) is 0 Å². The number of carbonyl (C=O) groups excluding carboxylic acids is 2. The molecular formula is C13H19N3O3. The summed E-state index contributed by atoms with van der Waals surface area (Å²) in [5, 5.41) is 0. The molecule has 1 aromatic carbocycles. The van der Waals surface area contributed by atoms with E-state index in [1.807, 2.05) is 0 Å². The molecule has 4 N–H and O–H groups in total. The number of primary amides is 1. The molecule has 104 valence electrons. The molecule has 0 fully saturated rings. The largest absolute Gasteiger partial charge is 0.443 e. The molecule has 0 bridgehead atoms. The number of rotatable bonds is 2. The first kappa shape index (κ1) is 15.0. The highest BCUT2D eigenvalue weighted by atomic mass is 16.6. The molecule has 6 nitrogen and oxygen atoms in total. The van der Waals surface area contributed by atoms with Gasteiger partial charge in [-0.3, -0.25) is 0 Å². The summed E-state index contributed by atoms with van der Waals surface area (Å²) in [7, 11) is 0. The number of ether oxygens (including phenoxy) is 1. The molecule has 0 atom stereocenters. The van der Waals surface area contributed by atoms with Crippen molar-refractivity contribution in [2.24, 2.45) is 11.5 Å². The van der Waals surface area contributed by atoms with Gasteiger partial charge in [0.25, 0.3) is 0 Å². The zero-order valence-corrected chi connectivity index (χ0v) is 11.3. The number of nitrogens with zero attached hydrogens (tertiary/aromatic N) is 1. The number of hydrogen-bond acceptors (Lipinski definition) is 4. The average Bonchev–Trinajstić information content (AvgIpc) is 2.27. The van der Waals surface area contributed by atoms with Gasteiger partial charge in [-0.2, -0.15) is 4.90 Å². The molecule has 0 radical (unpaired) electrons. The molecule has 0 heterocycles. The van der Waals surface area contributed by atoms with Crippen LogP contribution in [0.1, 0.15) is 26.3 Å². The zero-order valence-electron chi connectivity index (χ0n) is 11.3. The lowest BCUT2D eigenvalue weighted by Gasteiger charge is -2.25. The van der Waals surface area contributed by atoms with E-state index < -0.39 is 17.7 Å². The van der Waals surface area contributed by atoms with E-state index >= 15 is 0 Å². The Morgan fingerprint density at radius 2 is 1.74 bits per heavy atom. The van der Waals surface area contributed by atoms with Crippen LogP contribution in [0.5, 0.6) is 0 Å². The van der Waals surface area contributed by atoms with E-state index in [1.165, 1.54) is 0 Å². The van der Waals surface area contributed by atoms with Gasteiger partial charge >= 0.3 is 12.1 Å². The number of carbonyl (C=O) groups is 2. The summed E-state index contributed by atoms with van der Waals surface area (Å²) in [5.41, 5.74) is 11.2. The molecule has 3 amide bonds. The quantitative estimate of drug-likeness (QED) is 0.853. The summed E-state index contributed by atoms with van der Waals surface area (Å²) in [4.78, 5) is 24.1. The van der Waals surface area contributed by atoms with Crippen molar-refractivity contribution >= 4 is 17.8 Å². The maximum atomic E-state index is 11.9. The molecule has 0 spiro atoms. The van der Waals surface area contributed by atoms with Crippen molar-refractivity contribution in [1.29, 1.82) is 0 Å². The smallest absolute Gasteiger partial charge is 0.423 e. The van der Waals surface area contributed by atoms with Gasteiger partial charge < -0.3 is 16.2 Å². The Labute approximate surface area is 112 Å². The van der Waals surface area contributed by atoms with Crippen LogP contribution in [0.25, 0.3) is 0 Å². The Balaban J connectivity index is 3.00. The van der Waals surface area contributed by atoms with Crippen LogP contribution in [-0.4, -0.2) is 17.7 Å². The maximum Gasteiger partial charge on any atom is 0.423 e. The minimum atomic E-state index is -0.894. The van der Waals surface area contributed by atoms with Crippen LogP contribution in [0.4, 0.5) is 15.3 Å². The number of amides is 3. The highest BCUT2D eigenvalue weighted by Crippen LogP contribution is 2.18. The molecule has 0 unspecified atom stereocenters. The van der Waals surface area contributed by atoms with Gasteiger partial charge in [-0.1, -0.05) is 12.1 Å². The first-order valence-corrected chi connectivity index (χ1v) is 5.86. The first-order valence-electron chi connectivity index (χ1n) is 5.86. The minimum absolute atomic E-state index is 0.346. The molecule has 0 aliphatic rings. The van der Waals surface area contributed by atoms with E-state index in [9.17, 15) is 9.59 Å². The number of nitrogens with two attached hydrogens (primary N) is 2. The molecule has 0 aliphatic carbocycles. The lowest BCUT2D eigenvalue weighted by atomic mass is 10.2. The highest BCUT2D eigenvalue weighted by molar-refractivity contribution is 6.10. The van der Waals surface area contributed by atoms with Crippen molar-refractivity contribution < 1.29 is 14.3 Å². The van der Waals surface area contributed by atoms with Crippen molar-refractivity contribution in [2.45, 2.75) is 32.9 Å². The summed E-state index contributed by atoms with van der Waals surface area (Å²) < 4.78 is 5.13. The normalized spacial score (nSPS) is 10.9. The maximum absolute atomic E-state index is 11.9. The second-order valence-electron chi connectivity index (χ2n) is 5.02. The van der Waals surface area contributed by atoms with Gasteiger partial charge in [-0.05, 0) is 38.5 Å². The molecule has 0 aromatic heterocycles. The lowest BCUT2D eigenvalue weighted by molar-refractivity contribution is 0.0595. The molecule has 6 heteroatoms. The monoisotopic (exact) mass is 265 g/mol. The fourth-order valence-corrected chi connectivity index (χ4v) is 1.41. The SMILES string of the molecule is CC(C)(C)OC(=O)N(C(N)=O)c1ccc(CN)cc1. The van der Waals surface area contributed by atoms with E-state index in [4.69, 9.17) is 16.2 Å². The van der Waals surface area contributed by atoms with Crippen LogP contribution in [0.3, 0.4) is 0 Å². The van der Waals surface area contributed by atoms with Gasteiger partial charge in [0.1, 0.15) is 5.60 Å². The van der Waals surface area contributed by atoms with Crippen LogP contribution in [0.2, 0.25) is 0 Å². The number of anilines is 1. The Kier molecular flexibility index (Phi) is 4.50. The predicted octanol–water partition coefficient (Wildman–Crippen LogP) is 1.97. The molecule has 0 saturated heterocycles. The van der Waals surface area contributed by atoms with Crippen LogP contribution in [-0.2, 0) is 11.3 Å². The molecular weight excluding hydrogens is 246 g/mol. The van der Waals surface area contributed by atoms with Gasteiger partial charge in [-0.15, -0.1) is 0 Å². The summed E-state index contributed by atoms with van der Waals surface area (Å²) in [6, 6.07) is 5.73. The van der Waals surface area contributed by atoms with Crippen LogP contribution in [0.15, 0.2) is 24.3 Å². The van der Waals surface area contributed by atoms with E-state index in [1.54, 1.807) is 45.0 Å². The molecule has 1 aromatic rings. The van der Waals surface area contributed by atoms with Gasteiger partial charge in [0.15, 0.2) is 0 Å². The fraction of sp³-hybridized carbons (Fsp3) is 0.385. The minimum Gasteiger partial charge on any atom is -0.443 e. The lowest BCUT2D eigenvalue weighted by Crippen LogP contribution is -2.43. The van der Waals surface area contributed by atoms with Gasteiger partial charge in [0, 0.05) is 6.54 Å². The number of hydrogen-bond donors (Lipinski definition) is 2. The summed E-state index contributed by atoms with van der Waals surface area (Å²) >= 11 is 0. The van der Waals surface area contributed by atoms with Crippen molar-refractivity contribution in [3.05, 3.63) is 29.8 Å². The average molecular weight is 265 g/mol. The summed E-state index contributed by atoms with van der Waals surface area (Å²) in [6.45, 7) is 5.51. The van der Waals surface area contributed by atoms with Crippen LogP contribution < -0.4 is 16.4 Å².